The summed E-state index contributed by atoms with van der Waals surface area (Å²) in [5.41, 5.74) is 0. The van der Waals surface area contributed by atoms with Crippen molar-refractivity contribution in [3.05, 3.63) is 0 Å². The highest BCUT2D eigenvalue weighted by Crippen LogP contribution is 2.41. The highest BCUT2D eigenvalue weighted by molar-refractivity contribution is 6.74. The van der Waals surface area contributed by atoms with Gasteiger partial charge in [-0.05, 0) is 18.1 Å². The van der Waals surface area contributed by atoms with Crippen molar-refractivity contribution >= 4 is 8.32 Å². The molecule has 0 saturated carbocycles. The molecule has 14 bridgehead atoms. The maximum Gasteiger partial charge on any atom is 0.192 e. The average molecular weight is 1250 g/mol. The highest BCUT2D eigenvalue weighted by Gasteiger charge is 2.60. The normalized spacial score (nSPS) is 52.2. The lowest BCUT2D eigenvalue weighted by atomic mass is 9.95. The first kappa shape index (κ1) is 68.7. The van der Waals surface area contributed by atoms with Crippen LogP contribution in [0.25, 0.3) is 0 Å². The van der Waals surface area contributed by atoms with Gasteiger partial charge in [-0.25, -0.2) is 0 Å². The summed E-state index contributed by atoms with van der Waals surface area (Å²) in [6, 6.07) is 0. The summed E-state index contributed by atoms with van der Waals surface area (Å²) in [5, 5.41) is 223. The van der Waals surface area contributed by atoms with Gasteiger partial charge in [-0.1, -0.05) is 20.8 Å². The Morgan fingerprint density at radius 1 is 0.262 bits per heavy atom. The summed E-state index contributed by atoms with van der Waals surface area (Å²) in [6.07, 6.45) is -69.5. The lowest BCUT2D eigenvalue weighted by molar-refractivity contribution is -0.396. The molecule has 21 heterocycles. The zero-order valence-electron chi connectivity index (χ0n) is 46.2. The molecule has 21 rings (SSSR count). The molecule has 21 fully saturated rings. The van der Waals surface area contributed by atoms with E-state index in [9.17, 15) is 102 Å². The maximum absolute atomic E-state index is 11.8. The van der Waals surface area contributed by atoms with Gasteiger partial charge in [-0.2, -0.15) is 0 Å². The van der Waals surface area contributed by atoms with Crippen LogP contribution in [0.2, 0.25) is 18.1 Å². The van der Waals surface area contributed by atoms with Gasteiger partial charge in [0.05, 0.1) is 46.2 Å². The van der Waals surface area contributed by atoms with Crippen LogP contribution in [0.15, 0.2) is 0 Å². The Morgan fingerprint density at radius 3 is 0.571 bits per heavy atom. The standard InChI is InChI=1S/C48H84O35Si/c1-48(2,3)84(4,5)69-12-19-40-26(61)33(68)47(76-19)82-39-18(11-54)74-45(31(66)24(39)59)80-37-16(9-52)72-43(29(64)22(37)57)78-35-14(7-50)70-41(27(62)20(35)55)77-34-13(6-49)71-42(28(63)21(34)56)79-36-15(8-51)73-44(30(65)23(36)58)81-38-17(10-53)75-46(83-40)32(67)25(38)60/h13-47,49-68H,6-12H2,1-5H3/t13-,14+,15-,16+,17-,18+,19-,20+,21+,22-,23+,24+,25+,26+,27+,28+,29-,30+,31-,32+,33+,34+,35+,36+,37+,38+,39+,40+,41+,42+,43+,44+,45+,46+,47+/m0/s1. The molecular weight excluding hydrogens is 1160 g/mol. The molecule has 0 radical (unpaired) electrons. The number of ether oxygens (including phenoxy) is 14. The molecule has 36 heteroatoms. The molecule has 0 aliphatic carbocycles. The summed E-state index contributed by atoms with van der Waals surface area (Å²) >= 11 is 0. The molecule has 35 atom stereocenters. The van der Waals surface area contributed by atoms with Gasteiger partial charge < -0.3 is 173 Å². The van der Waals surface area contributed by atoms with E-state index in [4.69, 9.17) is 70.7 Å². The largest absolute Gasteiger partial charge is 0.414 e. The van der Waals surface area contributed by atoms with Gasteiger partial charge in [-0.3, -0.25) is 0 Å². The van der Waals surface area contributed by atoms with Crippen LogP contribution < -0.4 is 0 Å². The van der Waals surface area contributed by atoms with Crippen molar-refractivity contribution in [1.29, 1.82) is 0 Å². The van der Waals surface area contributed by atoms with E-state index in [0.29, 0.717) is 0 Å². The second-order valence-corrected chi connectivity index (χ2v) is 28.3. The Hall–Kier alpha value is -1.18. The van der Waals surface area contributed by atoms with Crippen LogP contribution in [0.3, 0.4) is 0 Å². The third-order valence-electron chi connectivity index (χ3n) is 17.0. The number of aliphatic hydroxyl groups excluding tert-OH is 20. The molecule has 20 N–H and O–H groups in total. The fraction of sp³-hybridized carbons (Fsp3) is 1.00. The number of rotatable bonds is 9. The number of hydrogen-bond donors (Lipinski definition) is 20. The van der Waals surface area contributed by atoms with Gasteiger partial charge >= 0.3 is 0 Å². The first-order valence-electron chi connectivity index (χ1n) is 27.5. The highest BCUT2D eigenvalue weighted by atomic mass is 28.4. The Kier molecular flexibility index (Phi) is 23.0. The van der Waals surface area contributed by atoms with Crippen LogP contribution in [0.5, 0.6) is 0 Å². The van der Waals surface area contributed by atoms with Crippen molar-refractivity contribution in [3.8, 4) is 0 Å². The van der Waals surface area contributed by atoms with Crippen LogP contribution in [0.4, 0.5) is 0 Å². The van der Waals surface area contributed by atoms with Crippen LogP contribution in [0, 0.1) is 0 Å². The van der Waals surface area contributed by atoms with Gasteiger partial charge in [0, 0.05) is 0 Å². The average Bonchev–Trinajstić information content (AvgIpc) is 1.60. The predicted octanol–water partition coefficient (Wildman–Crippen LogP) is -12.2. The zero-order chi connectivity index (χ0) is 61.8. The van der Waals surface area contributed by atoms with Crippen molar-refractivity contribution in [2.75, 3.05) is 46.2 Å². The molecule has 490 valence electrons. The van der Waals surface area contributed by atoms with Crippen molar-refractivity contribution in [2.45, 2.75) is 254 Å². The van der Waals surface area contributed by atoms with Gasteiger partial charge in [-0.15, -0.1) is 0 Å². The Labute approximate surface area is 480 Å². The molecule has 0 spiro atoms. The number of aliphatic hydroxyl groups is 20. The molecule has 21 aliphatic heterocycles. The van der Waals surface area contributed by atoms with Crippen molar-refractivity contribution in [2.24, 2.45) is 0 Å². The van der Waals surface area contributed by atoms with E-state index in [-0.39, 0.29) is 0 Å². The molecular formula is C48H84O35Si. The maximum atomic E-state index is 11.8. The summed E-state index contributed by atoms with van der Waals surface area (Å²) in [6.45, 7) is 2.80. The minimum absolute atomic E-state index is 0.436. The second-order valence-electron chi connectivity index (χ2n) is 23.5. The summed E-state index contributed by atoms with van der Waals surface area (Å²) in [7, 11) is -2.74. The molecule has 21 aliphatic rings. The summed E-state index contributed by atoms with van der Waals surface area (Å²) in [4.78, 5) is 0. The third kappa shape index (κ3) is 13.7. The number of hydrogen-bond acceptors (Lipinski definition) is 35. The van der Waals surface area contributed by atoms with E-state index < -0.39 is 275 Å². The second kappa shape index (κ2) is 28.1. The molecule has 0 aromatic rings. The Balaban J connectivity index is 1.11. The lowest BCUT2D eigenvalue weighted by Crippen LogP contribution is -2.68. The minimum Gasteiger partial charge on any atom is -0.414 e. The monoisotopic (exact) mass is 1250 g/mol. The fourth-order valence-electron chi connectivity index (χ4n) is 10.9. The van der Waals surface area contributed by atoms with Crippen molar-refractivity contribution in [3.63, 3.8) is 0 Å². The van der Waals surface area contributed by atoms with Crippen LogP contribution in [-0.4, -0.2) is 372 Å². The SMILES string of the molecule is CC(C)(C)[Si](C)(C)OC[C@@H]1O[C@@H]2O[C@H]3[C@H](O)[C@H](O)[C@@H](O[C@H]4[C@@H](O)[C@H](O)[C@@H](O[C@H]5[C@H](O)[C@@H](O)[C@@H](O[C@H]6[C@H](O)[C@@H](O)[C@@H](O[C@H]7[C@H](O)[C@@H](O)[C@@H](O[C@H]8[C@H](O)[C@@H](O)[C@@H](O[C@H]1[C@H](O)[C@H]2O)O[C@H]8CO)O[C@H]7CO)O[C@H]6CO)O[C@@H]5CO)O[C@@H]4CO)O[C@@H]3CO. The van der Waals surface area contributed by atoms with E-state index in [2.05, 4.69) is 0 Å². The predicted molar refractivity (Wildman–Crippen MR) is 264 cm³/mol. The Morgan fingerprint density at radius 2 is 0.417 bits per heavy atom. The van der Waals surface area contributed by atoms with Crippen LogP contribution in [-0.2, 0) is 70.7 Å². The molecule has 35 nitrogen and oxygen atoms in total. The van der Waals surface area contributed by atoms with Gasteiger partial charge in [0.2, 0.25) is 0 Å². The van der Waals surface area contributed by atoms with Gasteiger partial charge in [0.1, 0.15) is 171 Å². The molecule has 21 saturated heterocycles. The Bertz CT molecular complexity index is 2040. The van der Waals surface area contributed by atoms with E-state index >= 15 is 0 Å². The smallest absolute Gasteiger partial charge is 0.192 e. The molecule has 0 aromatic carbocycles. The first-order chi connectivity index (χ1) is 39.6. The van der Waals surface area contributed by atoms with E-state index in [1.807, 2.05) is 33.9 Å². The van der Waals surface area contributed by atoms with E-state index in [0.717, 1.165) is 0 Å². The van der Waals surface area contributed by atoms with Crippen LogP contribution >= 0.6 is 0 Å². The van der Waals surface area contributed by atoms with Gasteiger partial charge in [0.25, 0.3) is 0 Å². The van der Waals surface area contributed by atoms with Crippen molar-refractivity contribution in [1.82, 2.24) is 0 Å². The van der Waals surface area contributed by atoms with E-state index in [1.54, 1.807) is 0 Å². The van der Waals surface area contributed by atoms with Crippen molar-refractivity contribution < 1.29 is 173 Å². The minimum atomic E-state index is -2.74. The van der Waals surface area contributed by atoms with E-state index in [1.165, 1.54) is 0 Å². The molecule has 84 heavy (non-hydrogen) atoms. The third-order valence-corrected chi connectivity index (χ3v) is 21.5. The van der Waals surface area contributed by atoms with Crippen LogP contribution in [0.1, 0.15) is 20.8 Å². The first-order valence-corrected chi connectivity index (χ1v) is 30.5. The van der Waals surface area contributed by atoms with Gasteiger partial charge in [0.15, 0.2) is 52.3 Å². The molecule has 0 aromatic heterocycles. The summed E-state index contributed by atoms with van der Waals surface area (Å²) < 4.78 is 87.9. The topological polar surface area (TPSA) is 543 Å². The molecule has 0 amide bonds. The quantitative estimate of drug-likeness (QED) is 0.0953. The lowest BCUT2D eigenvalue weighted by Gasteiger charge is -2.50. The fourth-order valence-corrected chi connectivity index (χ4v) is 11.9. The summed E-state index contributed by atoms with van der Waals surface area (Å²) in [5.74, 6) is 0. The molecule has 0 unspecified atom stereocenters. The zero-order valence-corrected chi connectivity index (χ0v) is 47.2.